The minimum Gasteiger partial charge on any atom is -0.456 e. The molecule has 0 aliphatic carbocycles. The Morgan fingerprint density at radius 2 is 2.54 bits per heavy atom. The van der Waals surface area contributed by atoms with Gasteiger partial charge in [0.15, 0.2) is 5.76 Å². The second kappa shape index (κ2) is 4.15. The van der Waals surface area contributed by atoms with Crippen molar-refractivity contribution in [1.29, 1.82) is 0 Å². The molecule has 0 unspecified atom stereocenters. The van der Waals surface area contributed by atoms with Gasteiger partial charge in [-0.3, -0.25) is 10.2 Å². The molecule has 0 aromatic carbocycles. The van der Waals surface area contributed by atoms with Gasteiger partial charge in [-0.15, -0.1) is 0 Å². The van der Waals surface area contributed by atoms with Crippen molar-refractivity contribution in [2.45, 2.75) is 6.54 Å². The first-order chi connectivity index (χ1) is 6.27. The maximum Gasteiger partial charge on any atom is 0.300 e. The molecule has 0 saturated heterocycles. The van der Waals surface area contributed by atoms with Gasteiger partial charge in [-0.05, 0) is 17.7 Å². The predicted octanol–water partition coefficient (Wildman–Crippen LogP) is 0.693. The Bertz CT molecular complexity index is 352. The van der Waals surface area contributed by atoms with Gasteiger partial charge in [0.1, 0.15) is 5.76 Å². The molecular formula is C6H7N5O2. The lowest BCUT2D eigenvalue weighted by Crippen LogP contribution is -2.29. The summed E-state index contributed by atoms with van der Waals surface area (Å²) in [7, 11) is 0. The lowest BCUT2D eigenvalue weighted by Gasteiger charge is -1.92. The van der Waals surface area contributed by atoms with Gasteiger partial charge in [0, 0.05) is 4.91 Å². The fraction of sp³-hybridized carbons (Fsp3) is 0.167. The monoisotopic (exact) mass is 181 g/mol. The molecule has 13 heavy (non-hydrogen) atoms. The summed E-state index contributed by atoms with van der Waals surface area (Å²) in [5, 5.41) is 3.26. The molecule has 1 amide bonds. The Hall–Kier alpha value is -1.98. The molecule has 0 saturated carbocycles. The number of azide groups is 1. The van der Waals surface area contributed by atoms with Crippen LogP contribution in [0, 0.1) is 0 Å². The summed E-state index contributed by atoms with van der Waals surface area (Å²) in [6.45, 7) is 0.0777. The zero-order valence-electron chi connectivity index (χ0n) is 6.60. The van der Waals surface area contributed by atoms with E-state index in [4.69, 9.17) is 15.8 Å². The number of amides is 1. The Balaban J connectivity index is 2.74. The predicted molar refractivity (Wildman–Crippen MR) is 43.2 cm³/mol. The number of carbonyl (C=O) groups is 1. The molecule has 0 spiro atoms. The molecule has 0 aliphatic rings. The third-order valence-electron chi connectivity index (χ3n) is 1.31. The molecule has 1 rings (SSSR count). The molecule has 1 heterocycles. The van der Waals surface area contributed by atoms with E-state index in [0.717, 1.165) is 0 Å². The Morgan fingerprint density at radius 1 is 1.77 bits per heavy atom. The molecule has 7 heteroatoms. The minimum atomic E-state index is -0.521. The van der Waals surface area contributed by atoms with Crippen LogP contribution in [0.4, 0.5) is 0 Å². The lowest BCUT2D eigenvalue weighted by molar-refractivity contribution is 0.0924. The van der Waals surface area contributed by atoms with Crippen LogP contribution < -0.4 is 11.3 Å². The first kappa shape index (κ1) is 9.11. The van der Waals surface area contributed by atoms with Crippen LogP contribution in [0.1, 0.15) is 16.3 Å². The second-order valence-electron chi connectivity index (χ2n) is 2.13. The maximum absolute atomic E-state index is 10.9. The maximum atomic E-state index is 10.9. The highest BCUT2D eigenvalue weighted by atomic mass is 16.4. The molecule has 0 atom stereocenters. The van der Waals surface area contributed by atoms with Crippen LogP contribution in [-0.4, -0.2) is 5.91 Å². The van der Waals surface area contributed by atoms with Crippen molar-refractivity contribution in [3.8, 4) is 0 Å². The zero-order chi connectivity index (χ0) is 9.68. The lowest BCUT2D eigenvalue weighted by atomic mass is 10.4. The molecule has 0 bridgehead atoms. The molecule has 0 radical (unpaired) electrons. The molecule has 68 valence electrons. The van der Waals surface area contributed by atoms with Crippen molar-refractivity contribution in [2.24, 2.45) is 11.0 Å². The summed E-state index contributed by atoms with van der Waals surface area (Å²) < 4.78 is 4.98. The van der Waals surface area contributed by atoms with Crippen molar-refractivity contribution >= 4 is 5.91 Å². The summed E-state index contributed by atoms with van der Waals surface area (Å²) in [5.41, 5.74) is 9.92. The Kier molecular flexibility index (Phi) is 2.91. The number of nitrogens with one attached hydrogen (secondary N) is 1. The van der Waals surface area contributed by atoms with Gasteiger partial charge < -0.3 is 4.42 Å². The van der Waals surface area contributed by atoms with Gasteiger partial charge in [0.2, 0.25) is 0 Å². The van der Waals surface area contributed by atoms with Crippen LogP contribution >= 0.6 is 0 Å². The smallest absolute Gasteiger partial charge is 0.300 e. The highest BCUT2D eigenvalue weighted by molar-refractivity contribution is 5.90. The van der Waals surface area contributed by atoms with Crippen LogP contribution in [0.15, 0.2) is 21.7 Å². The first-order valence-corrected chi connectivity index (χ1v) is 3.38. The van der Waals surface area contributed by atoms with Crippen molar-refractivity contribution < 1.29 is 9.21 Å². The van der Waals surface area contributed by atoms with E-state index in [1.54, 1.807) is 6.07 Å². The standard InChI is InChI=1S/C6H7N5O2/c7-10-6(12)5-2-1-4(13-5)3-9-11-8/h1-2H,3,7H2,(H,10,12). The van der Waals surface area contributed by atoms with E-state index in [1.807, 2.05) is 5.43 Å². The Labute approximate surface area is 73.1 Å². The van der Waals surface area contributed by atoms with Gasteiger partial charge in [-0.25, -0.2) is 5.84 Å². The van der Waals surface area contributed by atoms with Crippen LogP contribution in [0.2, 0.25) is 0 Å². The van der Waals surface area contributed by atoms with Crippen LogP contribution in [0.5, 0.6) is 0 Å². The van der Waals surface area contributed by atoms with Crippen LogP contribution in [-0.2, 0) is 6.54 Å². The van der Waals surface area contributed by atoms with E-state index in [1.165, 1.54) is 6.07 Å². The SMILES string of the molecule is [N-]=[N+]=NCc1ccc(C(=O)NN)o1. The number of nitrogens with zero attached hydrogens (tertiary/aromatic N) is 3. The summed E-state index contributed by atoms with van der Waals surface area (Å²) in [6, 6.07) is 2.99. The molecular weight excluding hydrogens is 174 g/mol. The highest BCUT2D eigenvalue weighted by Gasteiger charge is 2.08. The van der Waals surface area contributed by atoms with Gasteiger partial charge in [-0.2, -0.15) is 0 Å². The first-order valence-electron chi connectivity index (χ1n) is 3.38. The summed E-state index contributed by atoms with van der Waals surface area (Å²) in [5.74, 6) is 4.85. The molecule has 3 N–H and O–H groups in total. The van der Waals surface area contributed by atoms with Crippen LogP contribution in [0.25, 0.3) is 10.4 Å². The largest absolute Gasteiger partial charge is 0.456 e. The third-order valence-corrected chi connectivity index (χ3v) is 1.31. The normalized spacial score (nSPS) is 9.00. The average molecular weight is 181 g/mol. The van der Waals surface area contributed by atoms with Gasteiger partial charge in [0.05, 0.1) is 6.54 Å². The van der Waals surface area contributed by atoms with Crippen LogP contribution in [0.3, 0.4) is 0 Å². The van der Waals surface area contributed by atoms with Crippen molar-refractivity contribution in [3.05, 3.63) is 34.1 Å². The zero-order valence-corrected chi connectivity index (χ0v) is 6.60. The molecule has 1 aromatic heterocycles. The van der Waals surface area contributed by atoms with Gasteiger partial charge in [-0.1, -0.05) is 5.11 Å². The van der Waals surface area contributed by atoms with E-state index >= 15 is 0 Å². The van der Waals surface area contributed by atoms with Crippen molar-refractivity contribution in [3.63, 3.8) is 0 Å². The summed E-state index contributed by atoms with van der Waals surface area (Å²) in [6.07, 6.45) is 0. The number of furan rings is 1. The van der Waals surface area contributed by atoms with E-state index in [9.17, 15) is 4.79 Å². The van der Waals surface area contributed by atoms with Crippen molar-refractivity contribution in [1.82, 2.24) is 5.43 Å². The molecule has 0 fully saturated rings. The number of rotatable bonds is 3. The number of hydrogen-bond acceptors (Lipinski definition) is 4. The number of carbonyl (C=O) groups excluding carboxylic acids is 1. The van der Waals surface area contributed by atoms with E-state index < -0.39 is 5.91 Å². The number of hydrogen-bond donors (Lipinski definition) is 2. The number of nitrogen functional groups attached to an aromatic ring is 1. The topological polar surface area (TPSA) is 117 Å². The molecule has 0 aliphatic heterocycles. The third kappa shape index (κ3) is 2.22. The average Bonchev–Trinajstić information content (AvgIpc) is 2.62. The van der Waals surface area contributed by atoms with Gasteiger partial charge >= 0.3 is 5.91 Å². The molecule has 7 nitrogen and oxygen atoms in total. The fourth-order valence-corrected chi connectivity index (χ4v) is 0.757. The number of nitrogens with two attached hydrogens (primary N) is 1. The fourth-order valence-electron chi connectivity index (χ4n) is 0.757. The summed E-state index contributed by atoms with van der Waals surface area (Å²) >= 11 is 0. The van der Waals surface area contributed by atoms with E-state index in [2.05, 4.69) is 10.0 Å². The second-order valence-corrected chi connectivity index (χ2v) is 2.13. The number of hydrazine groups is 1. The van der Waals surface area contributed by atoms with Gasteiger partial charge in [0.25, 0.3) is 0 Å². The van der Waals surface area contributed by atoms with Crippen molar-refractivity contribution in [2.75, 3.05) is 0 Å². The molecule has 1 aromatic rings. The highest BCUT2D eigenvalue weighted by Crippen LogP contribution is 2.08. The quantitative estimate of drug-likeness (QED) is 0.178. The summed E-state index contributed by atoms with van der Waals surface area (Å²) in [4.78, 5) is 13.4. The van der Waals surface area contributed by atoms with E-state index in [-0.39, 0.29) is 12.3 Å². The minimum absolute atomic E-state index is 0.0777. The Morgan fingerprint density at radius 3 is 3.15 bits per heavy atom. The van der Waals surface area contributed by atoms with E-state index in [0.29, 0.717) is 5.76 Å².